The molecule has 0 saturated carbocycles. The third-order valence-corrected chi connectivity index (χ3v) is 7.21. The Hall–Kier alpha value is -2.85. The Kier molecular flexibility index (Phi) is 6.63. The first kappa shape index (κ1) is 22.0. The van der Waals surface area contributed by atoms with Crippen LogP contribution in [0.4, 0.5) is 0 Å². The molecule has 3 aliphatic heterocycles. The van der Waals surface area contributed by atoms with Crippen molar-refractivity contribution in [3.63, 3.8) is 0 Å². The topological polar surface area (TPSA) is 65.6 Å². The van der Waals surface area contributed by atoms with E-state index < -0.39 is 0 Å². The SMILES string of the molecule is CC#CC(=O)N1CCCC(C2CC3CNNC3C(c3ccc(Oc4ccccc4)cc3)N2)C1. The van der Waals surface area contributed by atoms with Crippen LogP contribution in [-0.2, 0) is 4.79 Å². The zero-order valence-corrected chi connectivity index (χ0v) is 19.1. The molecule has 33 heavy (non-hydrogen) atoms. The molecule has 5 rings (SSSR count). The van der Waals surface area contributed by atoms with Gasteiger partial charge in [0, 0.05) is 37.8 Å². The summed E-state index contributed by atoms with van der Waals surface area (Å²) >= 11 is 0. The van der Waals surface area contributed by atoms with E-state index in [-0.39, 0.29) is 11.9 Å². The van der Waals surface area contributed by atoms with Crippen molar-refractivity contribution in [1.29, 1.82) is 0 Å². The van der Waals surface area contributed by atoms with Gasteiger partial charge in [0.15, 0.2) is 0 Å². The van der Waals surface area contributed by atoms with Crippen molar-refractivity contribution in [1.82, 2.24) is 21.1 Å². The summed E-state index contributed by atoms with van der Waals surface area (Å²) in [7, 11) is 0. The molecule has 5 unspecified atom stereocenters. The molecule has 0 bridgehead atoms. The molecule has 3 heterocycles. The lowest BCUT2D eigenvalue weighted by molar-refractivity contribution is -0.127. The van der Waals surface area contributed by atoms with Crippen LogP contribution in [0.15, 0.2) is 54.6 Å². The zero-order chi connectivity index (χ0) is 22.6. The van der Waals surface area contributed by atoms with Gasteiger partial charge in [-0.2, -0.15) is 0 Å². The Morgan fingerprint density at radius 2 is 1.85 bits per heavy atom. The van der Waals surface area contributed by atoms with Crippen molar-refractivity contribution in [2.45, 2.75) is 44.3 Å². The summed E-state index contributed by atoms with van der Waals surface area (Å²) in [5.41, 5.74) is 8.14. The van der Waals surface area contributed by atoms with Crippen molar-refractivity contribution in [3.8, 4) is 23.3 Å². The number of piperidine rings is 2. The first-order valence-electron chi connectivity index (χ1n) is 12.0. The number of carbonyl (C=O) groups excluding carboxylic acids is 1. The molecular weight excluding hydrogens is 412 g/mol. The van der Waals surface area contributed by atoms with E-state index in [4.69, 9.17) is 4.74 Å². The van der Waals surface area contributed by atoms with Crippen LogP contribution in [0, 0.1) is 23.7 Å². The van der Waals surface area contributed by atoms with Crippen molar-refractivity contribution in [2.24, 2.45) is 11.8 Å². The van der Waals surface area contributed by atoms with Crippen molar-refractivity contribution in [3.05, 3.63) is 60.2 Å². The molecule has 2 aromatic rings. The largest absolute Gasteiger partial charge is 0.457 e. The first-order valence-corrected chi connectivity index (χ1v) is 12.0. The van der Waals surface area contributed by atoms with Crippen LogP contribution in [0.2, 0.25) is 0 Å². The van der Waals surface area contributed by atoms with Gasteiger partial charge in [-0.25, -0.2) is 0 Å². The highest BCUT2D eigenvalue weighted by atomic mass is 16.5. The number of para-hydroxylation sites is 1. The quantitative estimate of drug-likeness (QED) is 0.632. The minimum Gasteiger partial charge on any atom is -0.457 e. The summed E-state index contributed by atoms with van der Waals surface area (Å²) in [5, 5.41) is 3.95. The lowest BCUT2D eigenvalue weighted by atomic mass is 9.76. The predicted octanol–water partition coefficient (Wildman–Crippen LogP) is 3.24. The second-order valence-corrected chi connectivity index (χ2v) is 9.31. The van der Waals surface area contributed by atoms with Crippen molar-refractivity contribution < 1.29 is 9.53 Å². The average molecular weight is 445 g/mol. The molecule has 0 radical (unpaired) electrons. The highest BCUT2D eigenvalue weighted by Gasteiger charge is 2.43. The number of benzene rings is 2. The zero-order valence-electron chi connectivity index (χ0n) is 19.1. The molecule has 2 aromatic carbocycles. The molecule has 0 spiro atoms. The third-order valence-electron chi connectivity index (χ3n) is 7.21. The summed E-state index contributed by atoms with van der Waals surface area (Å²) in [6.07, 6.45) is 3.30. The Morgan fingerprint density at radius 3 is 2.64 bits per heavy atom. The Balaban J connectivity index is 1.30. The van der Waals surface area contributed by atoms with E-state index in [1.54, 1.807) is 6.92 Å². The van der Waals surface area contributed by atoms with Gasteiger partial charge in [-0.3, -0.25) is 15.6 Å². The minimum absolute atomic E-state index is 0.0364. The molecule has 0 aliphatic carbocycles. The van der Waals surface area contributed by atoms with Gasteiger partial charge in [-0.1, -0.05) is 36.3 Å². The summed E-state index contributed by atoms with van der Waals surface area (Å²) < 4.78 is 5.98. The molecule has 3 N–H and O–H groups in total. The molecule has 6 heteroatoms. The highest BCUT2D eigenvalue weighted by Crippen LogP contribution is 2.37. The average Bonchev–Trinajstić information content (AvgIpc) is 3.34. The summed E-state index contributed by atoms with van der Waals surface area (Å²) in [6.45, 7) is 4.31. The van der Waals surface area contributed by atoms with Gasteiger partial charge in [0.1, 0.15) is 11.5 Å². The minimum atomic E-state index is -0.0364. The lowest BCUT2D eigenvalue weighted by Crippen LogP contribution is -2.56. The second-order valence-electron chi connectivity index (χ2n) is 9.31. The van der Waals surface area contributed by atoms with Gasteiger partial charge in [-0.15, -0.1) is 0 Å². The smallest absolute Gasteiger partial charge is 0.298 e. The maximum atomic E-state index is 12.4. The maximum Gasteiger partial charge on any atom is 0.298 e. The molecule has 5 atom stereocenters. The number of nitrogens with one attached hydrogen (secondary N) is 3. The number of carbonyl (C=O) groups is 1. The molecule has 6 nitrogen and oxygen atoms in total. The Bertz CT molecular complexity index is 1010. The van der Waals surface area contributed by atoms with E-state index in [0.29, 0.717) is 23.9 Å². The van der Waals surface area contributed by atoms with E-state index in [0.717, 1.165) is 50.4 Å². The van der Waals surface area contributed by atoms with E-state index in [1.807, 2.05) is 35.2 Å². The number of ether oxygens (including phenoxy) is 1. The van der Waals surface area contributed by atoms with Gasteiger partial charge in [0.25, 0.3) is 5.91 Å². The summed E-state index contributed by atoms with van der Waals surface area (Å²) in [5.74, 6) is 8.12. The molecule has 172 valence electrons. The fraction of sp³-hybridized carbons (Fsp3) is 0.444. The fourth-order valence-electron chi connectivity index (χ4n) is 5.58. The van der Waals surface area contributed by atoms with Crippen molar-refractivity contribution >= 4 is 5.91 Å². The molecule has 3 aliphatic rings. The standard InChI is InChI=1S/C27H32N4O2/c1-2-7-25(32)31-15-6-8-20(18-31)24-16-21-17-28-30-27(21)26(29-24)19-11-13-23(14-12-19)33-22-9-4-3-5-10-22/h3-5,9-14,20-21,24,26-30H,6,8,15-18H2,1H3. The number of nitrogens with zero attached hydrogens (tertiary/aromatic N) is 1. The maximum absolute atomic E-state index is 12.4. The molecule has 1 amide bonds. The van der Waals surface area contributed by atoms with Crippen LogP contribution in [0.3, 0.4) is 0 Å². The van der Waals surface area contributed by atoms with E-state index in [2.05, 4.69) is 52.3 Å². The lowest BCUT2D eigenvalue weighted by Gasteiger charge is -2.45. The van der Waals surface area contributed by atoms with E-state index in [9.17, 15) is 4.79 Å². The summed E-state index contributed by atoms with van der Waals surface area (Å²) in [4.78, 5) is 14.3. The number of likely N-dealkylation sites (tertiary alicyclic amines) is 1. The van der Waals surface area contributed by atoms with E-state index in [1.165, 1.54) is 5.56 Å². The van der Waals surface area contributed by atoms with E-state index >= 15 is 0 Å². The predicted molar refractivity (Wildman–Crippen MR) is 128 cm³/mol. The fourth-order valence-corrected chi connectivity index (χ4v) is 5.58. The number of fused-ring (bicyclic) bond motifs is 1. The van der Waals surface area contributed by atoms with Crippen LogP contribution in [-0.4, -0.2) is 42.5 Å². The normalized spacial score (nSPS) is 29.0. The number of hydrazine groups is 1. The third kappa shape index (κ3) is 4.91. The van der Waals surface area contributed by atoms with Crippen LogP contribution in [0.5, 0.6) is 11.5 Å². The Labute approximate surface area is 196 Å². The Morgan fingerprint density at radius 1 is 1.06 bits per heavy atom. The number of amides is 1. The first-order chi connectivity index (χ1) is 16.2. The van der Waals surface area contributed by atoms with Crippen molar-refractivity contribution in [2.75, 3.05) is 19.6 Å². The molecule has 3 saturated heterocycles. The van der Waals surface area contributed by atoms with Crippen LogP contribution in [0.25, 0.3) is 0 Å². The van der Waals surface area contributed by atoms with Crippen LogP contribution in [0.1, 0.15) is 37.8 Å². The summed E-state index contributed by atoms with van der Waals surface area (Å²) in [6, 6.07) is 19.2. The van der Waals surface area contributed by atoms with Gasteiger partial charge in [0.2, 0.25) is 0 Å². The second kappa shape index (κ2) is 9.96. The van der Waals surface area contributed by atoms with Crippen LogP contribution < -0.4 is 20.9 Å². The monoisotopic (exact) mass is 444 g/mol. The number of hydrogen-bond acceptors (Lipinski definition) is 5. The molecular formula is C27H32N4O2. The number of hydrogen-bond donors (Lipinski definition) is 3. The van der Waals surface area contributed by atoms with Gasteiger partial charge >= 0.3 is 0 Å². The van der Waals surface area contributed by atoms with Gasteiger partial charge in [-0.05, 0) is 73.8 Å². The van der Waals surface area contributed by atoms with Gasteiger partial charge in [0.05, 0.1) is 0 Å². The number of rotatable bonds is 4. The molecule has 3 fully saturated rings. The highest BCUT2D eigenvalue weighted by molar-refractivity contribution is 5.93. The molecule has 0 aromatic heterocycles. The van der Waals surface area contributed by atoms with Crippen LogP contribution >= 0.6 is 0 Å². The van der Waals surface area contributed by atoms with Gasteiger partial charge < -0.3 is 15.0 Å².